The Hall–Kier alpha value is -2.62. The van der Waals surface area contributed by atoms with Gasteiger partial charge in [-0.2, -0.15) is 18.4 Å². The molecule has 0 saturated carbocycles. The third-order valence-corrected chi connectivity index (χ3v) is 2.78. The van der Waals surface area contributed by atoms with Gasteiger partial charge in [0.05, 0.1) is 16.7 Å². The van der Waals surface area contributed by atoms with E-state index in [0.29, 0.717) is 6.07 Å². The molecule has 2 rings (SSSR count). The van der Waals surface area contributed by atoms with Gasteiger partial charge < -0.3 is 4.74 Å². The molecule has 2 aromatic carbocycles. The van der Waals surface area contributed by atoms with Crippen molar-refractivity contribution in [3.05, 3.63) is 59.2 Å². The van der Waals surface area contributed by atoms with Gasteiger partial charge in [-0.05, 0) is 30.3 Å². The molecular weight excluding hydrogens is 305 g/mol. The Labute approximate surface area is 122 Å². The number of hydrogen-bond acceptors (Lipinski definition) is 2. The molecule has 0 N–H and O–H groups in total. The lowest BCUT2D eigenvalue weighted by molar-refractivity contribution is -0.137. The monoisotopic (exact) mass is 313 g/mol. The van der Waals surface area contributed by atoms with Crippen LogP contribution in [-0.2, 0) is 6.18 Å². The second-order valence-electron chi connectivity index (χ2n) is 4.26. The van der Waals surface area contributed by atoms with Crippen molar-refractivity contribution >= 4 is 0 Å². The number of benzene rings is 2. The van der Waals surface area contributed by atoms with Crippen LogP contribution in [0.15, 0.2) is 42.5 Å². The number of alkyl halides is 5. The van der Waals surface area contributed by atoms with Crippen LogP contribution < -0.4 is 4.74 Å². The lowest BCUT2D eigenvalue weighted by atomic mass is 10.1. The van der Waals surface area contributed by atoms with Crippen LogP contribution in [-0.4, -0.2) is 0 Å². The van der Waals surface area contributed by atoms with E-state index in [0.717, 1.165) is 18.2 Å². The van der Waals surface area contributed by atoms with Gasteiger partial charge >= 0.3 is 6.18 Å². The summed E-state index contributed by atoms with van der Waals surface area (Å²) in [5.74, 6) is -0.723. The Morgan fingerprint density at radius 3 is 2.32 bits per heavy atom. The van der Waals surface area contributed by atoms with Crippen LogP contribution in [0.25, 0.3) is 0 Å². The summed E-state index contributed by atoms with van der Waals surface area (Å²) in [4.78, 5) is 0. The van der Waals surface area contributed by atoms with E-state index in [1.54, 1.807) is 6.07 Å². The van der Waals surface area contributed by atoms with E-state index in [9.17, 15) is 22.0 Å². The summed E-state index contributed by atoms with van der Waals surface area (Å²) in [5, 5.41) is 8.93. The van der Waals surface area contributed by atoms with Crippen molar-refractivity contribution in [1.82, 2.24) is 0 Å². The highest BCUT2D eigenvalue weighted by Gasteiger charge is 2.30. The van der Waals surface area contributed by atoms with Gasteiger partial charge in [0, 0.05) is 0 Å². The highest BCUT2D eigenvalue weighted by Crippen LogP contribution is 2.37. The number of nitriles is 1. The molecule has 7 heteroatoms. The lowest BCUT2D eigenvalue weighted by Crippen LogP contribution is -2.04. The summed E-state index contributed by atoms with van der Waals surface area (Å²) >= 11 is 0. The van der Waals surface area contributed by atoms with Gasteiger partial charge in [0.25, 0.3) is 6.43 Å². The zero-order chi connectivity index (χ0) is 16.3. The van der Waals surface area contributed by atoms with E-state index in [4.69, 9.17) is 10.00 Å². The number of halogens is 5. The topological polar surface area (TPSA) is 33.0 Å². The zero-order valence-corrected chi connectivity index (χ0v) is 10.9. The quantitative estimate of drug-likeness (QED) is 0.720. The van der Waals surface area contributed by atoms with Crippen molar-refractivity contribution in [3.63, 3.8) is 0 Å². The summed E-state index contributed by atoms with van der Waals surface area (Å²) in [7, 11) is 0. The van der Waals surface area contributed by atoms with E-state index in [2.05, 4.69) is 0 Å². The van der Waals surface area contributed by atoms with E-state index in [1.165, 1.54) is 18.2 Å². The van der Waals surface area contributed by atoms with Crippen LogP contribution in [0.1, 0.15) is 23.1 Å². The first kappa shape index (κ1) is 15.8. The van der Waals surface area contributed by atoms with E-state index in [1.807, 2.05) is 0 Å². The third-order valence-electron chi connectivity index (χ3n) is 2.78. The second-order valence-corrected chi connectivity index (χ2v) is 4.26. The van der Waals surface area contributed by atoms with Gasteiger partial charge in [0.2, 0.25) is 0 Å². The van der Waals surface area contributed by atoms with Gasteiger partial charge in [-0.25, -0.2) is 8.78 Å². The molecule has 0 aliphatic carbocycles. The Kier molecular flexibility index (Phi) is 4.31. The summed E-state index contributed by atoms with van der Waals surface area (Å²) in [6, 6.07) is 9.02. The van der Waals surface area contributed by atoms with Crippen LogP contribution in [0.2, 0.25) is 0 Å². The number of nitrogens with zero attached hydrogens (tertiary/aromatic N) is 1. The molecule has 0 unspecified atom stereocenters. The van der Waals surface area contributed by atoms with E-state index in [-0.39, 0.29) is 11.3 Å². The highest BCUT2D eigenvalue weighted by molar-refractivity contribution is 5.51. The molecule has 0 amide bonds. The minimum absolute atomic E-state index is 0.185. The van der Waals surface area contributed by atoms with Crippen molar-refractivity contribution in [2.45, 2.75) is 12.6 Å². The van der Waals surface area contributed by atoms with Crippen LogP contribution in [0.3, 0.4) is 0 Å². The van der Waals surface area contributed by atoms with Gasteiger partial charge in [-0.3, -0.25) is 0 Å². The van der Waals surface area contributed by atoms with Gasteiger partial charge in [-0.15, -0.1) is 0 Å². The smallest absolute Gasteiger partial charge is 0.416 e. The van der Waals surface area contributed by atoms with Crippen LogP contribution in [0.4, 0.5) is 22.0 Å². The van der Waals surface area contributed by atoms with E-state index >= 15 is 0 Å². The molecule has 0 bridgehead atoms. The first-order valence-electron chi connectivity index (χ1n) is 5.99. The molecule has 0 saturated heterocycles. The fourth-order valence-electron chi connectivity index (χ4n) is 1.78. The Morgan fingerprint density at radius 1 is 1.05 bits per heavy atom. The first-order valence-corrected chi connectivity index (χ1v) is 5.99. The largest absolute Gasteiger partial charge is 0.455 e. The molecule has 0 aliphatic rings. The second kappa shape index (κ2) is 6.02. The normalized spacial score (nSPS) is 11.3. The number of ether oxygens (including phenoxy) is 1. The molecule has 0 heterocycles. The molecule has 0 atom stereocenters. The summed E-state index contributed by atoms with van der Waals surface area (Å²) in [6.45, 7) is 0. The molecule has 2 nitrogen and oxygen atoms in total. The number of hydrogen-bond donors (Lipinski definition) is 0. The van der Waals surface area contributed by atoms with Crippen LogP contribution in [0.5, 0.6) is 11.5 Å². The zero-order valence-electron chi connectivity index (χ0n) is 10.9. The predicted molar refractivity (Wildman–Crippen MR) is 67.6 cm³/mol. The maximum Gasteiger partial charge on any atom is 0.416 e. The maximum absolute atomic E-state index is 12.9. The van der Waals surface area contributed by atoms with Crippen LogP contribution >= 0.6 is 0 Å². The average molecular weight is 313 g/mol. The van der Waals surface area contributed by atoms with Crippen molar-refractivity contribution < 1.29 is 26.7 Å². The summed E-state index contributed by atoms with van der Waals surface area (Å²) < 4.78 is 68.9. The van der Waals surface area contributed by atoms with Gasteiger partial charge in [0.15, 0.2) is 5.75 Å². The molecule has 0 fully saturated rings. The Bertz CT molecular complexity index is 719. The standard InChI is InChI=1S/C15H8F5NO/c16-14(17)12-6-1-3-9(8-21)13(12)22-11-5-2-4-10(7-11)15(18,19)20/h1-7,14H. The summed E-state index contributed by atoms with van der Waals surface area (Å²) in [6.07, 6.45) is -7.51. The lowest BCUT2D eigenvalue weighted by Gasteiger charge is -2.13. The van der Waals surface area contributed by atoms with Gasteiger partial charge in [-0.1, -0.05) is 12.1 Å². The SMILES string of the molecule is N#Cc1cccc(C(F)F)c1Oc1cccc(C(F)(F)F)c1. The fourth-order valence-corrected chi connectivity index (χ4v) is 1.78. The van der Waals surface area contributed by atoms with Crippen molar-refractivity contribution in [3.8, 4) is 17.6 Å². The van der Waals surface area contributed by atoms with Crippen molar-refractivity contribution in [2.24, 2.45) is 0 Å². The highest BCUT2D eigenvalue weighted by atomic mass is 19.4. The third kappa shape index (κ3) is 3.34. The molecule has 2 aromatic rings. The molecule has 0 aliphatic heterocycles. The van der Waals surface area contributed by atoms with Gasteiger partial charge in [0.1, 0.15) is 11.8 Å². The first-order chi connectivity index (χ1) is 10.3. The Balaban J connectivity index is 2.46. The molecule has 114 valence electrons. The number of rotatable bonds is 3. The minimum Gasteiger partial charge on any atom is -0.455 e. The molecule has 0 aromatic heterocycles. The fraction of sp³-hybridized carbons (Fsp3) is 0.133. The Morgan fingerprint density at radius 2 is 1.73 bits per heavy atom. The molecule has 0 spiro atoms. The molecule has 22 heavy (non-hydrogen) atoms. The number of para-hydroxylation sites is 1. The van der Waals surface area contributed by atoms with Crippen LogP contribution in [0, 0.1) is 11.3 Å². The van der Waals surface area contributed by atoms with Crippen molar-refractivity contribution in [1.29, 1.82) is 5.26 Å². The maximum atomic E-state index is 12.9. The summed E-state index contributed by atoms with van der Waals surface area (Å²) in [5.41, 5.74) is -1.72. The predicted octanol–water partition coefficient (Wildman–Crippen LogP) is 5.31. The average Bonchev–Trinajstić information content (AvgIpc) is 2.46. The van der Waals surface area contributed by atoms with Crippen molar-refractivity contribution in [2.75, 3.05) is 0 Å². The molecular formula is C15H8F5NO. The minimum atomic E-state index is -4.58. The molecule has 0 radical (unpaired) electrons. The van der Waals surface area contributed by atoms with E-state index < -0.39 is 29.5 Å².